The average molecular weight is 366 g/mol. The smallest absolute Gasteiger partial charge is 0.260 e. The number of fused-ring (bicyclic) bond motifs is 3. The van der Waals surface area contributed by atoms with Crippen molar-refractivity contribution in [1.82, 2.24) is 9.97 Å². The first-order valence-corrected chi connectivity index (χ1v) is 9.87. The van der Waals surface area contributed by atoms with E-state index in [2.05, 4.69) is 9.97 Å². The molecule has 1 aromatic carbocycles. The Labute approximate surface area is 156 Å². The molecular formula is C21H22N2O2S. The molecular weight excluding hydrogens is 344 g/mol. The molecule has 5 heteroatoms. The van der Waals surface area contributed by atoms with Gasteiger partial charge < -0.3 is 10.1 Å². The van der Waals surface area contributed by atoms with Crippen LogP contribution in [0, 0.1) is 13.8 Å². The Morgan fingerprint density at radius 1 is 1.12 bits per heavy atom. The first-order chi connectivity index (χ1) is 12.5. The number of phenols is 1. The first-order valence-electron chi connectivity index (χ1n) is 9.06. The molecule has 0 amide bonds. The fourth-order valence-corrected chi connectivity index (χ4v) is 4.97. The number of hydrogen-bond donors (Lipinski definition) is 2. The van der Waals surface area contributed by atoms with Crippen LogP contribution in [0.2, 0.25) is 0 Å². The van der Waals surface area contributed by atoms with Gasteiger partial charge in [0.2, 0.25) is 0 Å². The summed E-state index contributed by atoms with van der Waals surface area (Å²) in [6.07, 6.45) is 9.39. The second kappa shape index (κ2) is 6.72. The third-order valence-corrected chi connectivity index (χ3v) is 6.23. The van der Waals surface area contributed by atoms with Crippen molar-refractivity contribution in [1.29, 1.82) is 0 Å². The van der Waals surface area contributed by atoms with E-state index < -0.39 is 0 Å². The van der Waals surface area contributed by atoms with Gasteiger partial charge in [-0.15, -0.1) is 11.3 Å². The van der Waals surface area contributed by atoms with Gasteiger partial charge in [-0.2, -0.15) is 0 Å². The predicted molar refractivity (Wildman–Crippen MR) is 108 cm³/mol. The zero-order chi connectivity index (χ0) is 18.3. The van der Waals surface area contributed by atoms with Crippen LogP contribution >= 0.6 is 11.3 Å². The Morgan fingerprint density at radius 2 is 1.85 bits per heavy atom. The third kappa shape index (κ3) is 3.07. The lowest BCUT2D eigenvalue weighted by Crippen LogP contribution is -2.10. The van der Waals surface area contributed by atoms with Gasteiger partial charge >= 0.3 is 0 Å². The summed E-state index contributed by atoms with van der Waals surface area (Å²) in [5, 5.41) is 10.7. The molecule has 0 aliphatic heterocycles. The van der Waals surface area contributed by atoms with Crippen molar-refractivity contribution in [3.05, 3.63) is 55.4 Å². The topological polar surface area (TPSA) is 66.0 Å². The molecule has 0 fully saturated rings. The van der Waals surface area contributed by atoms with Crippen LogP contribution < -0.4 is 5.56 Å². The van der Waals surface area contributed by atoms with Crippen LogP contribution in [0.3, 0.4) is 0 Å². The zero-order valence-electron chi connectivity index (χ0n) is 15.1. The summed E-state index contributed by atoms with van der Waals surface area (Å²) >= 11 is 1.67. The molecule has 2 heterocycles. The molecule has 1 aliphatic rings. The quantitative estimate of drug-likeness (QED) is 0.644. The van der Waals surface area contributed by atoms with Crippen molar-refractivity contribution in [2.45, 2.75) is 46.0 Å². The molecule has 0 unspecified atom stereocenters. The summed E-state index contributed by atoms with van der Waals surface area (Å²) in [6, 6.07) is 3.84. The molecule has 0 saturated carbocycles. The van der Waals surface area contributed by atoms with Gasteiger partial charge in [0.25, 0.3) is 5.56 Å². The van der Waals surface area contributed by atoms with Crippen molar-refractivity contribution in [3.63, 3.8) is 0 Å². The minimum atomic E-state index is -0.0351. The maximum Gasteiger partial charge on any atom is 0.260 e. The number of nitrogens with one attached hydrogen (secondary N) is 1. The number of aryl methyl sites for hydroxylation is 4. The van der Waals surface area contributed by atoms with Crippen molar-refractivity contribution in [2.24, 2.45) is 0 Å². The molecule has 134 valence electrons. The monoisotopic (exact) mass is 366 g/mol. The highest BCUT2D eigenvalue weighted by Gasteiger charge is 2.18. The summed E-state index contributed by atoms with van der Waals surface area (Å²) in [4.78, 5) is 22.4. The molecule has 1 aliphatic carbocycles. The zero-order valence-corrected chi connectivity index (χ0v) is 15.9. The summed E-state index contributed by atoms with van der Waals surface area (Å²) < 4.78 is 0. The lowest BCUT2D eigenvalue weighted by atomic mass is 10.1. The second-order valence-electron chi connectivity index (χ2n) is 7.03. The standard InChI is InChI=1S/C21H22N2O2S/c1-12-10-14(11-13(2)19(12)24)8-9-17-22-20(25)18-15-6-4-3-5-7-16(15)26-21(18)23-17/h8-11,24H,3-7H2,1-2H3,(H,22,23,25)/b9-8+. The van der Waals surface area contributed by atoms with Gasteiger partial charge in [-0.25, -0.2) is 4.98 Å². The highest BCUT2D eigenvalue weighted by molar-refractivity contribution is 7.18. The van der Waals surface area contributed by atoms with Crippen LogP contribution in [-0.4, -0.2) is 15.1 Å². The van der Waals surface area contributed by atoms with Gasteiger partial charge in [-0.05, 0) is 80.0 Å². The van der Waals surface area contributed by atoms with E-state index >= 15 is 0 Å². The Bertz CT molecular complexity index is 1050. The molecule has 0 saturated heterocycles. The second-order valence-corrected chi connectivity index (χ2v) is 8.12. The Hall–Kier alpha value is -2.40. The fraction of sp³-hybridized carbons (Fsp3) is 0.333. The number of rotatable bonds is 2. The number of H-pyrrole nitrogens is 1. The molecule has 2 aromatic heterocycles. The number of hydrogen-bond acceptors (Lipinski definition) is 4. The number of phenolic OH excluding ortho intramolecular Hbond substituents is 1. The van der Waals surface area contributed by atoms with E-state index in [0.29, 0.717) is 11.6 Å². The summed E-state index contributed by atoms with van der Waals surface area (Å²) in [5.74, 6) is 0.900. The fourth-order valence-electron chi connectivity index (χ4n) is 3.70. The Morgan fingerprint density at radius 3 is 2.62 bits per heavy atom. The van der Waals surface area contributed by atoms with Crippen LogP contribution in [0.25, 0.3) is 22.4 Å². The van der Waals surface area contributed by atoms with E-state index in [1.165, 1.54) is 23.3 Å². The van der Waals surface area contributed by atoms with Crippen LogP contribution in [-0.2, 0) is 12.8 Å². The minimum absolute atomic E-state index is 0.0351. The highest BCUT2D eigenvalue weighted by Crippen LogP contribution is 2.33. The number of thiophene rings is 1. The van der Waals surface area contributed by atoms with Crippen LogP contribution in [0.4, 0.5) is 0 Å². The van der Waals surface area contributed by atoms with E-state index in [1.807, 2.05) is 38.1 Å². The van der Waals surface area contributed by atoms with Gasteiger partial charge in [-0.1, -0.05) is 12.5 Å². The molecule has 0 radical (unpaired) electrons. The SMILES string of the molecule is Cc1cc(/C=C/c2nc3sc4c(c3c(=O)[nH]2)CCCCC4)cc(C)c1O. The normalized spacial score (nSPS) is 14.7. The Balaban J connectivity index is 1.73. The van der Waals surface area contributed by atoms with E-state index in [-0.39, 0.29) is 5.56 Å². The summed E-state index contributed by atoms with van der Waals surface area (Å²) in [6.45, 7) is 3.76. The molecule has 4 nitrogen and oxygen atoms in total. The molecule has 4 rings (SSSR count). The van der Waals surface area contributed by atoms with E-state index in [0.717, 1.165) is 46.2 Å². The molecule has 0 bridgehead atoms. The lowest BCUT2D eigenvalue weighted by molar-refractivity contribution is 0.467. The first kappa shape index (κ1) is 17.0. The summed E-state index contributed by atoms with van der Waals surface area (Å²) in [5.41, 5.74) is 3.83. The molecule has 2 N–H and O–H groups in total. The van der Waals surface area contributed by atoms with Gasteiger partial charge in [0.1, 0.15) is 16.4 Å². The molecule has 26 heavy (non-hydrogen) atoms. The number of aromatic hydroxyl groups is 1. The van der Waals surface area contributed by atoms with Crippen LogP contribution in [0.5, 0.6) is 5.75 Å². The van der Waals surface area contributed by atoms with Crippen molar-refractivity contribution >= 4 is 33.7 Å². The maximum atomic E-state index is 12.7. The van der Waals surface area contributed by atoms with E-state index in [1.54, 1.807) is 11.3 Å². The Kier molecular flexibility index (Phi) is 4.41. The van der Waals surface area contributed by atoms with Gasteiger partial charge in [0.15, 0.2) is 0 Å². The van der Waals surface area contributed by atoms with Gasteiger partial charge in [0, 0.05) is 4.88 Å². The van der Waals surface area contributed by atoms with Gasteiger partial charge in [0.05, 0.1) is 5.39 Å². The predicted octanol–water partition coefficient (Wildman–Crippen LogP) is 4.75. The molecule has 0 atom stereocenters. The number of aromatic nitrogens is 2. The maximum absolute atomic E-state index is 12.7. The number of aromatic amines is 1. The van der Waals surface area contributed by atoms with Crippen molar-refractivity contribution < 1.29 is 5.11 Å². The third-order valence-electron chi connectivity index (χ3n) is 5.04. The van der Waals surface area contributed by atoms with Gasteiger partial charge in [-0.3, -0.25) is 4.79 Å². The van der Waals surface area contributed by atoms with Crippen molar-refractivity contribution in [3.8, 4) is 5.75 Å². The largest absolute Gasteiger partial charge is 0.507 e. The minimum Gasteiger partial charge on any atom is -0.507 e. The summed E-state index contributed by atoms with van der Waals surface area (Å²) in [7, 11) is 0. The average Bonchev–Trinajstić information content (AvgIpc) is 2.80. The number of benzene rings is 1. The number of nitrogens with zero attached hydrogens (tertiary/aromatic N) is 1. The molecule has 3 aromatic rings. The van der Waals surface area contributed by atoms with Crippen LogP contribution in [0.15, 0.2) is 16.9 Å². The van der Waals surface area contributed by atoms with E-state index in [4.69, 9.17) is 0 Å². The van der Waals surface area contributed by atoms with E-state index in [9.17, 15) is 9.90 Å². The lowest BCUT2D eigenvalue weighted by Gasteiger charge is -2.04. The van der Waals surface area contributed by atoms with Crippen molar-refractivity contribution in [2.75, 3.05) is 0 Å². The molecule has 0 spiro atoms. The van der Waals surface area contributed by atoms with Crippen LogP contribution in [0.1, 0.15) is 52.2 Å². The highest BCUT2D eigenvalue weighted by atomic mass is 32.1.